The summed E-state index contributed by atoms with van der Waals surface area (Å²) in [6, 6.07) is 12.2. The second-order valence-corrected chi connectivity index (χ2v) is 13.1. The molecule has 0 saturated carbocycles. The van der Waals surface area contributed by atoms with Gasteiger partial charge >= 0.3 is 11.9 Å². The standard InChI is InChI=1S/C41H44F2N4O7/c1-24-26(15-32(42)34-17-38(53-3)28(19-44-34)20-46-36(23-48)40(49)50)9-7-11-30(24)31-12-8-10-27(25(31)2)16-33(43)35-18-39(54-4)29(21-45-35)22-47-14-6-5-13-37(47)41(51)52/h7-12,15-19,21,36-37,46,48H,5-6,13-14,20,22-23H2,1-4H3,(H,49,50)(H,51,52)/b32-15-,33-16-/t36-,37+/m1/s1. The van der Waals surface area contributed by atoms with Crippen LogP contribution in [-0.2, 0) is 22.7 Å². The lowest BCUT2D eigenvalue weighted by atomic mass is 9.91. The molecule has 2 aromatic carbocycles. The van der Waals surface area contributed by atoms with Gasteiger partial charge in [0, 0.05) is 48.7 Å². The number of likely N-dealkylation sites (tertiary alicyclic amines) is 1. The van der Waals surface area contributed by atoms with E-state index in [0.29, 0.717) is 53.3 Å². The Morgan fingerprint density at radius 3 is 1.93 bits per heavy atom. The van der Waals surface area contributed by atoms with Gasteiger partial charge < -0.3 is 24.8 Å². The Balaban J connectivity index is 1.38. The highest BCUT2D eigenvalue weighted by molar-refractivity contribution is 5.84. The van der Waals surface area contributed by atoms with Gasteiger partial charge in [0.1, 0.15) is 46.6 Å². The quantitative estimate of drug-likeness (QED) is 0.103. The first-order chi connectivity index (χ1) is 25.9. The van der Waals surface area contributed by atoms with Crippen molar-refractivity contribution in [1.82, 2.24) is 20.2 Å². The van der Waals surface area contributed by atoms with Crippen LogP contribution in [0.5, 0.6) is 11.5 Å². The number of carboxylic acids is 2. The maximum absolute atomic E-state index is 15.8. The predicted molar refractivity (Wildman–Crippen MR) is 202 cm³/mol. The first-order valence-electron chi connectivity index (χ1n) is 17.5. The Morgan fingerprint density at radius 2 is 1.43 bits per heavy atom. The van der Waals surface area contributed by atoms with E-state index in [9.17, 15) is 24.9 Å². The summed E-state index contributed by atoms with van der Waals surface area (Å²) in [7, 11) is 2.90. The molecule has 1 aliphatic rings. The van der Waals surface area contributed by atoms with Crippen LogP contribution in [0.25, 0.3) is 34.9 Å². The van der Waals surface area contributed by atoms with Gasteiger partial charge in [-0.25, -0.2) is 8.78 Å². The molecule has 2 aromatic heterocycles. The van der Waals surface area contributed by atoms with Crippen LogP contribution in [-0.4, -0.2) is 81.6 Å². The Labute approximate surface area is 312 Å². The van der Waals surface area contributed by atoms with E-state index in [1.54, 1.807) is 12.1 Å². The van der Waals surface area contributed by atoms with Crippen molar-refractivity contribution < 1.29 is 43.2 Å². The topological polar surface area (TPSA) is 154 Å². The van der Waals surface area contributed by atoms with E-state index >= 15 is 8.78 Å². The number of ether oxygens (including phenoxy) is 2. The number of halogens is 2. The zero-order valence-corrected chi connectivity index (χ0v) is 30.6. The predicted octanol–water partition coefficient (Wildman–Crippen LogP) is 6.69. The molecule has 4 aromatic rings. The monoisotopic (exact) mass is 742 g/mol. The van der Waals surface area contributed by atoms with E-state index in [1.165, 1.54) is 50.9 Å². The minimum atomic E-state index is -1.21. The summed E-state index contributed by atoms with van der Waals surface area (Å²) in [5.74, 6) is -2.54. The lowest BCUT2D eigenvalue weighted by molar-refractivity contribution is -0.145. The molecule has 54 heavy (non-hydrogen) atoms. The van der Waals surface area contributed by atoms with Crippen molar-refractivity contribution in [2.24, 2.45) is 0 Å². The summed E-state index contributed by atoms with van der Waals surface area (Å²) < 4.78 is 42.5. The van der Waals surface area contributed by atoms with Crippen LogP contribution in [0.2, 0.25) is 0 Å². The van der Waals surface area contributed by atoms with E-state index < -0.39 is 42.3 Å². The molecule has 0 aliphatic carbocycles. The lowest BCUT2D eigenvalue weighted by Gasteiger charge is -2.33. The summed E-state index contributed by atoms with van der Waals surface area (Å²) >= 11 is 0. The number of aromatic nitrogens is 2. The van der Waals surface area contributed by atoms with Crippen molar-refractivity contribution in [1.29, 1.82) is 0 Å². The highest BCUT2D eigenvalue weighted by atomic mass is 19.1. The number of benzene rings is 2. The van der Waals surface area contributed by atoms with Gasteiger partial charge in [-0.3, -0.25) is 29.8 Å². The summed E-state index contributed by atoms with van der Waals surface area (Å²) in [4.78, 5) is 33.5. The first kappa shape index (κ1) is 39.7. The number of aliphatic hydroxyl groups excluding tert-OH is 1. The highest BCUT2D eigenvalue weighted by Gasteiger charge is 2.29. The number of nitrogens with zero attached hydrogens (tertiary/aromatic N) is 3. The van der Waals surface area contributed by atoms with Gasteiger partial charge in [0.2, 0.25) is 0 Å². The first-order valence-corrected chi connectivity index (χ1v) is 17.5. The number of methoxy groups -OCH3 is 2. The molecule has 13 heteroatoms. The maximum Gasteiger partial charge on any atom is 0.323 e. The minimum Gasteiger partial charge on any atom is -0.496 e. The fourth-order valence-electron chi connectivity index (χ4n) is 6.59. The maximum atomic E-state index is 15.8. The van der Waals surface area contributed by atoms with Gasteiger partial charge in [0.15, 0.2) is 0 Å². The van der Waals surface area contributed by atoms with Crippen molar-refractivity contribution in [3.05, 3.63) is 106 Å². The molecule has 0 radical (unpaired) electrons. The van der Waals surface area contributed by atoms with E-state index in [-0.39, 0.29) is 17.9 Å². The smallest absolute Gasteiger partial charge is 0.323 e. The van der Waals surface area contributed by atoms with Crippen LogP contribution in [0.4, 0.5) is 8.78 Å². The average molecular weight is 743 g/mol. The number of nitrogens with one attached hydrogen (secondary N) is 1. The van der Waals surface area contributed by atoms with Gasteiger partial charge in [-0.15, -0.1) is 0 Å². The van der Waals surface area contributed by atoms with E-state index in [4.69, 9.17) is 9.47 Å². The van der Waals surface area contributed by atoms with Gasteiger partial charge in [-0.1, -0.05) is 42.8 Å². The molecule has 1 fully saturated rings. The lowest BCUT2D eigenvalue weighted by Crippen LogP contribution is -2.44. The van der Waals surface area contributed by atoms with Gasteiger partial charge in [0.05, 0.1) is 20.8 Å². The molecule has 284 valence electrons. The molecular weight excluding hydrogens is 698 g/mol. The van der Waals surface area contributed by atoms with Crippen molar-refractivity contribution in [2.45, 2.75) is 58.3 Å². The molecule has 1 saturated heterocycles. The fraction of sp³-hybridized carbons (Fsp3) is 0.317. The fourth-order valence-corrected chi connectivity index (χ4v) is 6.59. The van der Waals surface area contributed by atoms with Crippen LogP contribution < -0.4 is 14.8 Å². The summed E-state index contributed by atoms with van der Waals surface area (Å²) in [5.41, 5.74) is 5.74. The largest absolute Gasteiger partial charge is 0.496 e. The molecule has 0 spiro atoms. The molecule has 3 heterocycles. The van der Waals surface area contributed by atoms with Gasteiger partial charge in [-0.2, -0.15) is 0 Å². The number of hydrogen-bond donors (Lipinski definition) is 4. The van der Waals surface area contributed by atoms with Crippen molar-refractivity contribution in [2.75, 3.05) is 27.4 Å². The molecule has 0 amide bonds. The van der Waals surface area contributed by atoms with Gasteiger partial charge in [0.25, 0.3) is 0 Å². The number of hydrogen-bond acceptors (Lipinski definition) is 9. The van der Waals surface area contributed by atoms with Crippen LogP contribution in [0.1, 0.15) is 64.0 Å². The second kappa shape index (κ2) is 18.0. The Bertz CT molecular complexity index is 2070. The second-order valence-electron chi connectivity index (χ2n) is 13.1. The summed E-state index contributed by atoms with van der Waals surface area (Å²) in [6.45, 7) is 4.16. The van der Waals surface area contributed by atoms with Crippen molar-refractivity contribution in [3.63, 3.8) is 0 Å². The van der Waals surface area contributed by atoms with E-state index in [2.05, 4.69) is 15.3 Å². The molecular formula is C41H44F2N4O7. The highest BCUT2D eigenvalue weighted by Crippen LogP contribution is 2.34. The number of rotatable bonds is 15. The third-order valence-corrected chi connectivity index (χ3v) is 9.71. The molecule has 5 rings (SSSR count). The van der Waals surface area contributed by atoms with Crippen molar-refractivity contribution >= 4 is 35.7 Å². The Morgan fingerprint density at radius 1 is 0.889 bits per heavy atom. The van der Waals surface area contributed by atoms with Crippen LogP contribution in [0, 0.1) is 13.8 Å². The Kier molecular flexibility index (Phi) is 13.2. The van der Waals surface area contributed by atoms with Crippen LogP contribution >= 0.6 is 0 Å². The van der Waals surface area contributed by atoms with Crippen LogP contribution in [0.3, 0.4) is 0 Å². The molecule has 4 N–H and O–H groups in total. The average Bonchev–Trinajstić information content (AvgIpc) is 3.17. The molecule has 0 unspecified atom stereocenters. The molecule has 11 nitrogen and oxygen atoms in total. The molecule has 1 aliphatic heterocycles. The minimum absolute atomic E-state index is 0.0189. The third-order valence-electron chi connectivity index (χ3n) is 9.71. The van der Waals surface area contributed by atoms with E-state index in [0.717, 1.165) is 35.1 Å². The van der Waals surface area contributed by atoms with E-state index in [1.807, 2.05) is 43.0 Å². The normalized spacial score (nSPS) is 15.9. The zero-order chi connectivity index (χ0) is 38.9. The van der Waals surface area contributed by atoms with Gasteiger partial charge in [-0.05, 0) is 78.8 Å². The SMILES string of the molecule is COc1cc(/C(F)=C/c2cccc(-c3cccc(/C=C(\F)c4cc(OC)c(CN5CCCC[C@H]5C(=O)O)cn4)c3C)c2C)ncc1CN[C@H](CO)C(=O)O. The van der Waals surface area contributed by atoms with Crippen molar-refractivity contribution in [3.8, 4) is 22.6 Å². The zero-order valence-electron chi connectivity index (χ0n) is 30.6. The van der Waals surface area contributed by atoms with Crippen LogP contribution in [0.15, 0.2) is 60.9 Å². The third kappa shape index (κ3) is 9.16. The Hall–Kier alpha value is -5.50. The number of aliphatic carboxylic acids is 2. The number of pyridine rings is 2. The number of aliphatic hydroxyl groups is 1. The summed E-state index contributed by atoms with van der Waals surface area (Å²) in [6.07, 6.45) is 8.04. The number of carboxylic acid groups (broad SMARTS) is 2. The molecule has 0 bridgehead atoms. The summed E-state index contributed by atoms with van der Waals surface area (Å²) in [5, 5.41) is 30.8. The number of carbonyl (C=O) groups is 2. The molecule has 2 atom stereocenters. The number of piperidine rings is 1.